The summed E-state index contributed by atoms with van der Waals surface area (Å²) in [6, 6.07) is 0. The number of halogens is 1. The zero-order chi connectivity index (χ0) is 7.84. The highest BCUT2D eigenvalue weighted by Gasteiger charge is 2.29. The molecule has 0 aromatic rings. The summed E-state index contributed by atoms with van der Waals surface area (Å²) in [5.41, 5.74) is 1.32. The van der Waals surface area contributed by atoms with Crippen LogP contribution in [0.25, 0.3) is 0 Å². The highest BCUT2D eigenvalue weighted by Crippen LogP contribution is 2.36. The zero-order valence-electron chi connectivity index (χ0n) is 6.25. The predicted octanol–water partition coefficient (Wildman–Crippen LogP) is 2.79. The Morgan fingerprint density at radius 3 is 3.00 bits per heavy atom. The van der Waals surface area contributed by atoms with Crippen molar-refractivity contribution in [2.24, 2.45) is 5.92 Å². The standard InChI is InChI=1S/C9H9IO/c1-6-2-3-8(10)7-4-5-11-9(6)7/h2-5,7,9H,1H3. The van der Waals surface area contributed by atoms with E-state index in [2.05, 4.69) is 47.7 Å². The summed E-state index contributed by atoms with van der Waals surface area (Å²) in [4.78, 5) is 0. The van der Waals surface area contributed by atoms with Gasteiger partial charge in [-0.05, 0) is 41.2 Å². The molecule has 1 nitrogen and oxygen atoms in total. The predicted molar refractivity (Wildman–Crippen MR) is 53.4 cm³/mol. The van der Waals surface area contributed by atoms with E-state index < -0.39 is 0 Å². The van der Waals surface area contributed by atoms with Crippen LogP contribution < -0.4 is 0 Å². The topological polar surface area (TPSA) is 9.23 Å². The number of ether oxygens (including phenoxy) is 1. The first kappa shape index (κ1) is 7.40. The van der Waals surface area contributed by atoms with Crippen molar-refractivity contribution in [2.75, 3.05) is 0 Å². The SMILES string of the molecule is CC1=CC=C(I)C2C=COC12. The minimum Gasteiger partial charge on any atom is -0.493 e. The molecule has 0 amide bonds. The van der Waals surface area contributed by atoms with E-state index in [-0.39, 0.29) is 6.10 Å². The van der Waals surface area contributed by atoms with E-state index in [4.69, 9.17) is 4.74 Å². The maximum absolute atomic E-state index is 5.45. The van der Waals surface area contributed by atoms with Crippen LogP contribution in [0.1, 0.15) is 6.92 Å². The monoisotopic (exact) mass is 260 g/mol. The fraction of sp³-hybridized carbons (Fsp3) is 0.333. The summed E-state index contributed by atoms with van der Waals surface area (Å²) < 4.78 is 6.81. The molecule has 11 heavy (non-hydrogen) atoms. The van der Waals surface area contributed by atoms with Crippen LogP contribution in [0.3, 0.4) is 0 Å². The van der Waals surface area contributed by atoms with Crippen LogP contribution in [0, 0.1) is 5.92 Å². The number of allylic oxidation sites excluding steroid dienone is 2. The van der Waals surface area contributed by atoms with Crippen molar-refractivity contribution >= 4 is 22.6 Å². The molecule has 0 saturated carbocycles. The largest absolute Gasteiger partial charge is 0.493 e. The summed E-state index contributed by atoms with van der Waals surface area (Å²) in [6.07, 6.45) is 8.52. The lowest BCUT2D eigenvalue weighted by molar-refractivity contribution is 0.180. The molecule has 0 aromatic carbocycles. The molecule has 0 bridgehead atoms. The highest BCUT2D eigenvalue weighted by molar-refractivity contribution is 14.1. The minimum atomic E-state index is 0.284. The van der Waals surface area contributed by atoms with Gasteiger partial charge in [-0.1, -0.05) is 12.2 Å². The van der Waals surface area contributed by atoms with Crippen molar-refractivity contribution in [3.05, 3.63) is 33.6 Å². The summed E-state index contributed by atoms with van der Waals surface area (Å²) in [6.45, 7) is 2.12. The lowest BCUT2D eigenvalue weighted by atomic mass is 9.93. The smallest absolute Gasteiger partial charge is 0.130 e. The highest BCUT2D eigenvalue weighted by atomic mass is 127. The molecule has 2 unspecified atom stereocenters. The van der Waals surface area contributed by atoms with Crippen LogP contribution in [-0.4, -0.2) is 6.10 Å². The van der Waals surface area contributed by atoms with Gasteiger partial charge in [0.1, 0.15) is 6.10 Å². The Balaban J connectivity index is 2.35. The second-order valence-corrected chi connectivity index (χ2v) is 4.12. The molecule has 2 rings (SSSR count). The van der Waals surface area contributed by atoms with Crippen molar-refractivity contribution in [2.45, 2.75) is 13.0 Å². The van der Waals surface area contributed by atoms with E-state index in [1.165, 1.54) is 9.15 Å². The minimum absolute atomic E-state index is 0.284. The number of rotatable bonds is 0. The quantitative estimate of drug-likeness (QED) is 0.608. The Hall–Kier alpha value is -0.250. The molecular formula is C9H9IO. The Morgan fingerprint density at radius 1 is 1.45 bits per heavy atom. The van der Waals surface area contributed by atoms with Gasteiger partial charge in [0.15, 0.2) is 0 Å². The Labute approximate surface area is 80.0 Å². The van der Waals surface area contributed by atoms with Gasteiger partial charge in [0.2, 0.25) is 0 Å². The maximum atomic E-state index is 5.45. The van der Waals surface area contributed by atoms with Gasteiger partial charge < -0.3 is 4.74 Å². The Kier molecular flexibility index (Phi) is 1.79. The molecule has 0 spiro atoms. The van der Waals surface area contributed by atoms with Crippen molar-refractivity contribution < 1.29 is 4.74 Å². The second kappa shape index (κ2) is 2.66. The molecule has 1 heterocycles. The van der Waals surface area contributed by atoms with Crippen LogP contribution in [0.15, 0.2) is 33.6 Å². The first-order valence-electron chi connectivity index (χ1n) is 3.65. The Morgan fingerprint density at radius 2 is 2.27 bits per heavy atom. The summed E-state index contributed by atoms with van der Waals surface area (Å²) in [5, 5.41) is 0. The number of fused-ring (bicyclic) bond motifs is 1. The number of hydrogen-bond acceptors (Lipinski definition) is 1. The zero-order valence-corrected chi connectivity index (χ0v) is 8.41. The lowest BCUT2D eigenvalue weighted by Crippen LogP contribution is -2.20. The second-order valence-electron chi connectivity index (χ2n) is 2.87. The molecule has 2 heteroatoms. The van der Waals surface area contributed by atoms with Crippen molar-refractivity contribution in [3.63, 3.8) is 0 Å². The van der Waals surface area contributed by atoms with Crippen LogP contribution >= 0.6 is 22.6 Å². The average Bonchev–Trinajstić information content (AvgIpc) is 2.45. The van der Waals surface area contributed by atoms with Crippen LogP contribution in [-0.2, 0) is 4.74 Å². The normalized spacial score (nSPS) is 34.0. The van der Waals surface area contributed by atoms with E-state index in [0.717, 1.165) is 0 Å². The van der Waals surface area contributed by atoms with Gasteiger partial charge in [0, 0.05) is 3.58 Å². The molecule has 1 aliphatic carbocycles. The molecular weight excluding hydrogens is 251 g/mol. The summed E-state index contributed by atoms with van der Waals surface area (Å²) >= 11 is 2.37. The van der Waals surface area contributed by atoms with Gasteiger partial charge in [0.05, 0.1) is 12.2 Å². The molecule has 58 valence electrons. The van der Waals surface area contributed by atoms with Crippen LogP contribution in [0.4, 0.5) is 0 Å². The first-order chi connectivity index (χ1) is 5.29. The van der Waals surface area contributed by atoms with Gasteiger partial charge in [-0.15, -0.1) is 0 Å². The summed E-state index contributed by atoms with van der Waals surface area (Å²) in [5.74, 6) is 0.487. The van der Waals surface area contributed by atoms with Crippen LogP contribution in [0.2, 0.25) is 0 Å². The van der Waals surface area contributed by atoms with Crippen molar-refractivity contribution in [3.8, 4) is 0 Å². The fourth-order valence-electron chi connectivity index (χ4n) is 1.44. The lowest BCUT2D eigenvalue weighted by Gasteiger charge is -2.22. The molecule has 1 aliphatic heterocycles. The third kappa shape index (κ3) is 1.13. The summed E-state index contributed by atoms with van der Waals surface area (Å²) in [7, 11) is 0. The van der Waals surface area contributed by atoms with Gasteiger partial charge in [-0.2, -0.15) is 0 Å². The van der Waals surface area contributed by atoms with Crippen molar-refractivity contribution in [1.29, 1.82) is 0 Å². The van der Waals surface area contributed by atoms with E-state index >= 15 is 0 Å². The van der Waals surface area contributed by atoms with Gasteiger partial charge in [-0.25, -0.2) is 0 Å². The van der Waals surface area contributed by atoms with E-state index in [9.17, 15) is 0 Å². The third-order valence-electron chi connectivity index (χ3n) is 2.11. The van der Waals surface area contributed by atoms with E-state index in [0.29, 0.717) is 5.92 Å². The van der Waals surface area contributed by atoms with Gasteiger partial charge in [-0.3, -0.25) is 0 Å². The molecule has 0 radical (unpaired) electrons. The average molecular weight is 260 g/mol. The van der Waals surface area contributed by atoms with Gasteiger partial charge >= 0.3 is 0 Å². The first-order valence-corrected chi connectivity index (χ1v) is 4.73. The molecule has 2 aliphatic rings. The third-order valence-corrected chi connectivity index (χ3v) is 3.19. The molecule has 2 atom stereocenters. The maximum Gasteiger partial charge on any atom is 0.130 e. The molecule has 0 N–H and O–H groups in total. The van der Waals surface area contributed by atoms with E-state index in [1.807, 2.05) is 6.26 Å². The van der Waals surface area contributed by atoms with Crippen LogP contribution in [0.5, 0.6) is 0 Å². The number of hydrogen-bond donors (Lipinski definition) is 0. The van der Waals surface area contributed by atoms with Crippen molar-refractivity contribution in [1.82, 2.24) is 0 Å². The van der Waals surface area contributed by atoms with E-state index in [1.54, 1.807) is 0 Å². The Bertz CT molecular complexity index is 263. The molecule has 0 saturated heterocycles. The van der Waals surface area contributed by atoms with Gasteiger partial charge in [0.25, 0.3) is 0 Å². The molecule has 0 aromatic heterocycles. The fourth-order valence-corrected chi connectivity index (χ4v) is 2.16. The molecule has 0 fully saturated rings.